The first-order chi connectivity index (χ1) is 15.7. The van der Waals surface area contributed by atoms with Gasteiger partial charge >= 0.3 is 0 Å². The lowest BCUT2D eigenvalue weighted by molar-refractivity contribution is -0.141. The van der Waals surface area contributed by atoms with Gasteiger partial charge in [0.1, 0.15) is 18.1 Å². The minimum atomic E-state index is 0.185. The minimum Gasteiger partial charge on any atom is -0.497 e. The normalized spacial score (nSPS) is 14.9. The number of azo groups is 1. The van der Waals surface area contributed by atoms with Gasteiger partial charge in [0.05, 0.1) is 71.3 Å². The van der Waals surface area contributed by atoms with E-state index >= 15 is 0 Å². The van der Waals surface area contributed by atoms with E-state index in [4.69, 9.17) is 28.4 Å². The van der Waals surface area contributed by atoms with Crippen molar-refractivity contribution in [1.82, 2.24) is 0 Å². The highest BCUT2D eigenvalue weighted by atomic mass is 16.6. The van der Waals surface area contributed by atoms with Crippen LogP contribution >= 0.6 is 0 Å². The van der Waals surface area contributed by atoms with Crippen molar-refractivity contribution in [3.8, 4) is 11.5 Å². The predicted molar refractivity (Wildman–Crippen MR) is 120 cm³/mol. The van der Waals surface area contributed by atoms with E-state index in [1.807, 2.05) is 48.5 Å². The molecular weight excluding hydrogens is 412 g/mol. The molecule has 8 heteroatoms. The summed E-state index contributed by atoms with van der Waals surface area (Å²) in [4.78, 5) is 0. The third kappa shape index (κ3) is 8.55. The molecule has 32 heavy (non-hydrogen) atoms. The smallest absolute Gasteiger partial charge is 0.119 e. The number of hydrogen-bond donors (Lipinski definition) is 0. The fourth-order valence-electron chi connectivity index (χ4n) is 2.88. The molecule has 1 aliphatic heterocycles. The summed E-state index contributed by atoms with van der Waals surface area (Å²) in [5.74, 6) is 1.55. The van der Waals surface area contributed by atoms with Gasteiger partial charge < -0.3 is 28.4 Å². The Bertz CT molecular complexity index is 806. The van der Waals surface area contributed by atoms with Crippen molar-refractivity contribution >= 4 is 11.4 Å². The average Bonchev–Trinajstić information content (AvgIpc) is 2.81. The second-order valence-electron chi connectivity index (χ2n) is 7.82. The second kappa shape index (κ2) is 13.1. The summed E-state index contributed by atoms with van der Waals surface area (Å²) in [5, 5.41) is 8.43. The third-order valence-corrected chi connectivity index (χ3v) is 4.78. The van der Waals surface area contributed by atoms with Crippen LogP contribution in [0.25, 0.3) is 0 Å². The van der Waals surface area contributed by atoms with E-state index in [1.165, 1.54) is 0 Å². The molecule has 1 aliphatic rings. The SMILES string of the molecule is COc1ccc(N=Nc2ccc(OCCOCCOCCOCC3(C)COC3)cc2)cc1. The number of hydrogen-bond acceptors (Lipinski definition) is 8. The molecular formula is C24H32N2O6. The monoisotopic (exact) mass is 444 g/mol. The molecule has 2 aromatic carbocycles. The summed E-state index contributed by atoms with van der Waals surface area (Å²) in [5.41, 5.74) is 1.70. The van der Waals surface area contributed by atoms with Crippen molar-refractivity contribution < 1.29 is 28.4 Å². The molecule has 8 nitrogen and oxygen atoms in total. The maximum absolute atomic E-state index is 5.67. The summed E-state index contributed by atoms with van der Waals surface area (Å²) in [7, 11) is 1.63. The second-order valence-corrected chi connectivity index (χ2v) is 7.82. The lowest BCUT2D eigenvalue weighted by Crippen LogP contribution is -2.43. The van der Waals surface area contributed by atoms with E-state index in [-0.39, 0.29) is 5.41 Å². The van der Waals surface area contributed by atoms with Gasteiger partial charge in [0.2, 0.25) is 0 Å². The molecule has 0 unspecified atom stereocenters. The van der Waals surface area contributed by atoms with E-state index < -0.39 is 0 Å². The average molecular weight is 445 g/mol. The molecule has 0 aromatic heterocycles. The van der Waals surface area contributed by atoms with Crippen LogP contribution in [-0.4, -0.2) is 66.6 Å². The molecule has 1 saturated heterocycles. The van der Waals surface area contributed by atoms with Gasteiger partial charge in [-0.3, -0.25) is 0 Å². The first-order valence-electron chi connectivity index (χ1n) is 10.8. The summed E-state index contributed by atoms with van der Waals surface area (Å²) in [6.07, 6.45) is 0. The van der Waals surface area contributed by atoms with Gasteiger partial charge in [-0.05, 0) is 48.5 Å². The molecule has 0 N–H and O–H groups in total. The Morgan fingerprint density at radius 1 is 0.719 bits per heavy atom. The number of benzene rings is 2. The fraction of sp³-hybridized carbons (Fsp3) is 0.500. The van der Waals surface area contributed by atoms with Crippen molar-refractivity contribution in [2.24, 2.45) is 15.6 Å². The van der Waals surface area contributed by atoms with E-state index in [0.29, 0.717) is 39.6 Å². The molecule has 0 radical (unpaired) electrons. The van der Waals surface area contributed by atoms with Gasteiger partial charge in [-0.15, -0.1) is 0 Å². The largest absolute Gasteiger partial charge is 0.497 e. The molecule has 2 aromatic rings. The zero-order chi connectivity index (χ0) is 22.5. The maximum Gasteiger partial charge on any atom is 0.119 e. The topological polar surface area (TPSA) is 80.1 Å². The first kappa shape index (κ1) is 24.1. The van der Waals surface area contributed by atoms with Crippen molar-refractivity contribution in [3.05, 3.63) is 48.5 Å². The molecule has 1 heterocycles. The lowest BCUT2D eigenvalue weighted by atomic mass is 9.90. The number of methoxy groups -OCH3 is 1. The van der Waals surface area contributed by atoms with Crippen LogP contribution in [0.15, 0.2) is 58.8 Å². The Morgan fingerprint density at radius 3 is 1.72 bits per heavy atom. The van der Waals surface area contributed by atoms with Crippen molar-refractivity contribution in [1.29, 1.82) is 0 Å². The molecule has 0 atom stereocenters. The van der Waals surface area contributed by atoms with Crippen LogP contribution in [0.1, 0.15) is 6.92 Å². The highest BCUT2D eigenvalue weighted by molar-refractivity contribution is 5.44. The number of rotatable bonds is 15. The maximum atomic E-state index is 5.67. The Hall–Kier alpha value is -2.52. The fourth-order valence-corrected chi connectivity index (χ4v) is 2.88. The van der Waals surface area contributed by atoms with Gasteiger partial charge in [-0.25, -0.2) is 0 Å². The van der Waals surface area contributed by atoms with Crippen molar-refractivity contribution in [2.75, 3.05) is 66.6 Å². The van der Waals surface area contributed by atoms with Gasteiger partial charge in [-0.2, -0.15) is 10.2 Å². The van der Waals surface area contributed by atoms with Crippen LogP contribution in [0.5, 0.6) is 11.5 Å². The molecule has 3 rings (SSSR count). The molecule has 0 bridgehead atoms. The Labute approximate surface area is 189 Å². The molecule has 0 spiro atoms. The van der Waals surface area contributed by atoms with Crippen LogP contribution in [0.3, 0.4) is 0 Å². The standard InChI is InChI=1S/C24H32N2O6/c1-24(18-31-19-24)17-30-14-13-28-11-12-29-15-16-32-23-9-5-21(6-10-23)26-25-20-3-7-22(27-2)8-4-20/h3-10H,11-19H2,1-2H3. The summed E-state index contributed by atoms with van der Waals surface area (Å²) < 4.78 is 32.6. The van der Waals surface area contributed by atoms with E-state index in [2.05, 4.69) is 17.2 Å². The van der Waals surface area contributed by atoms with Gasteiger partial charge in [0.15, 0.2) is 0 Å². The van der Waals surface area contributed by atoms with Crippen molar-refractivity contribution in [2.45, 2.75) is 6.92 Å². The quantitative estimate of drug-likeness (QED) is 0.296. The van der Waals surface area contributed by atoms with E-state index in [9.17, 15) is 0 Å². The van der Waals surface area contributed by atoms with Crippen LogP contribution in [0.2, 0.25) is 0 Å². The highest BCUT2D eigenvalue weighted by Gasteiger charge is 2.33. The van der Waals surface area contributed by atoms with Gasteiger partial charge in [-0.1, -0.05) is 6.92 Å². The third-order valence-electron chi connectivity index (χ3n) is 4.78. The van der Waals surface area contributed by atoms with E-state index in [0.717, 1.165) is 42.7 Å². The van der Waals surface area contributed by atoms with E-state index in [1.54, 1.807) is 7.11 Å². The summed E-state index contributed by atoms with van der Waals surface area (Å²) >= 11 is 0. The number of ether oxygens (including phenoxy) is 6. The first-order valence-corrected chi connectivity index (χ1v) is 10.8. The Morgan fingerprint density at radius 2 is 1.22 bits per heavy atom. The zero-order valence-corrected chi connectivity index (χ0v) is 18.8. The molecule has 174 valence electrons. The molecule has 1 fully saturated rings. The van der Waals surface area contributed by atoms with Crippen molar-refractivity contribution in [3.63, 3.8) is 0 Å². The predicted octanol–water partition coefficient (Wildman–Crippen LogP) is 4.58. The zero-order valence-electron chi connectivity index (χ0n) is 18.8. The van der Waals surface area contributed by atoms with Gasteiger partial charge in [0, 0.05) is 5.41 Å². The van der Waals surface area contributed by atoms with Crippen LogP contribution in [-0.2, 0) is 18.9 Å². The Balaban J connectivity index is 1.19. The molecule has 0 amide bonds. The lowest BCUT2D eigenvalue weighted by Gasteiger charge is -2.37. The molecule has 0 saturated carbocycles. The highest BCUT2D eigenvalue weighted by Crippen LogP contribution is 2.26. The number of nitrogens with zero attached hydrogens (tertiary/aromatic N) is 2. The van der Waals surface area contributed by atoms with Crippen LogP contribution in [0.4, 0.5) is 11.4 Å². The van der Waals surface area contributed by atoms with Crippen LogP contribution in [0, 0.1) is 5.41 Å². The van der Waals surface area contributed by atoms with Gasteiger partial charge in [0.25, 0.3) is 0 Å². The minimum absolute atomic E-state index is 0.185. The molecule has 0 aliphatic carbocycles. The summed E-state index contributed by atoms with van der Waals surface area (Å²) in [6.45, 7) is 7.64. The summed E-state index contributed by atoms with van der Waals surface area (Å²) in [6, 6.07) is 14.8. The van der Waals surface area contributed by atoms with Crippen LogP contribution < -0.4 is 9.47 Å². The Kier molecular flexibility index (Phi) is 9.90.